The fraction of sp³-hybridized carbons (Fsp3) is 0.533. The Kier molecular flexibility index (Phi) is 3.27. The van der Waals surface area contributed by atoms with Crippen LogP contribution < -0.4 is 5.32 Å². The standard InChI is InChI=1S/C15H19ClN2O/c1-3-4-9-5-10-11-7-17-8-13(11)18(2)15(19)14(10)12(16)6-9/h5-6,11,13,17H,3-4,7-8H2,1-2H3/t11-,13+/m0/s1. The highest BCUT2D eigenvalue weighted by Crippen LogP contribution is 2.38. The van der Waals surface area contributed by atoms with E-state index in [-0.39, 0.29) is 11.9 Å². The van der Waals surface area contributed by atoms with Crippen LogP contribution in [0.5, 0.6) is 0 Å². The van der Waals surface area contributed by atoms with E-state index in [2.05, 4.69) is 18.3 Å². The molecule has 2 aliphatic rings. The third kappa shape index (κ3) is 1.96. The molecule has 1 N–H and O–H groups in total. The van der Waals surface area contributed by atoms with Crippen molar-refractivity contribution in [3.63, 3.8) is 0 Å². The summed E-state index contributed by atoms with van der Waals surface area (Å²) in [5, 5.41) is 4.00. The van der Waals surface area contributed by atoms with Gasteiger partial charge in [-0.15, -0.1) is 0 Å². The van der Waals surface area contributed by atoms with Crippen LogP contribution >= 0.6 is 11.6 Å². The number of amides is 1. The van der Waals surface area contributed by atoms with E-state index in [0.29, 0.717) is 16.5 Å². The van der Waals surface area contributed by atoms with Crippen molar-refractivity contribution < 1.29 is 4.79 Å². The molecular weight excluding hydrogens is 260 g/mol. The third-order valence-electron chi connectivity index (χ3n) is 4.33. The smallest absolute Gasteiger partial charge is 0.255 e. The lowest BCUT2D eigenvalue weighted by molar-refractivity contribution is 0.0706. The average Bonchev–Trinajstić information content (AvgIpc) is 2.85. The molecule has 102 valence electrons. The number of hydrogen-bond acceptors (Lipinski definition) is 2. The van der Waals surface area contributed by atoms with E-state index in [4.69, 9.17) is 11.6 Å². The van der Waals surface area contributed by atoms with E-state index >= 15 is 0 Å². The van der Waals surface area contributed by atoms with Crippen molar-refractivity contribution in [2.75, 3.05) is 20.1 Å². The fourth-order valence-corrected chi connectivity index (χ4v) is 3.68. The summed E-state index contributed by atoms with van der Waals surface area (Å²) in [5.41, 5.74) is 3.11. The summed E-state index contributed by atoms with van der Waals surface area (Å²) >= 11 is 6.37. The summed E-state index contributed by atoms with van der Waals surface area (Å²) in [6.07, 6.45) is 2.11. The summed E-state index contributed by atoms with van der Waals surface area (Å²) < 4.78 is 0. The van der Waals surface area contributed by atoms with Crippen molar-refractivity contribution in [1.29, 1.82) is 0 Å². The monoisotopic (exact) mass is 278 g/mol. The topological polar surface area (TPSA) is 32.3 Å². The zero-order valence-corrected chi connectivity index (χ0v) is 12.1. The molecule has 0 aromatic heterocycles. The molecule has 1 aromatic rings. The zero-order chi connectivity index (χ0) is 13.6. The molecule has 2 aliphatic heterocycles. The van der Waals surface area contributed by atoms with Crippen LogP contribution in [0.4, 0.5) is 0 Å². The van der Waals surface area contributed by atoms with E-state index < -0.39 is 0 Å². The molecule has 2 heterocycles. The molecule has 0 saturated carbocycles. The van der Waals surface area contributed by atoms with Gasteiger partial charge in [0.05, 0.1) is 16.6 Å². The van der Waals surface area contributed by atoms with Crippen LogP contribution in [0.2, 0.25) is 5.02 Å². The Morgan fingerprint density at radius 1 is 1.42 bits per heavy atom. The summed E-state index contributed by atoms with van der Waals surface area (Å²) in [6, 6.07) is 4.42. The number of aryl methyl sites for hydroxylation is 1. The van der Waals surface area contributed by atoms with Crippen molar-refractivity contribution in [3.8, 4) is 0 Å². The number of hydrogen-bond donors (Lipinski definition) is 1. The van der Waals surface area contributed by atoms with Gasteiger partial charge in [0.1, 0.15) is 0 Å². The van der Waals surface area contributed by atoms with Crippen molar-refractivity contribution in [1.82, 2.24) is 10.2 Å². The van der Waals surface area contributed by atoms with Gasteiger partial charge in [-0.2, -0.15) is 0 Å². The Bertz CT molecular complexity index is 529. The number of likely N-dealkylation sites (N-methyl/N-ethyl adjacent to an activating group) is 1. The van der Waals surface area contributed by atoms with E-state index in [1.807, 2.05) is 18.0 Å². The van der Waals surface area contributed by atoms with E-state index in [0.717, 1.165) is 31.5 Å². The van der Waals surface area contributed by atoms with E-state index in [1.54, 1.807) is 0 Å². The van der Waals surface area contributed by atoms with Crippen LogP contribution in [0.3, 0.4) is 0 Å². The van der Waals surface area contributed by atoms with Gasteiger partial charge < -0.3 is 10.2 Å². The molecule has 0 unspecified atom stereocenters. The number of nitrogens with zero attached hydrogens (tertiary/aromatic N) is 1. The highest BCUT2D eigenvalue weighted by atomic mass is 35.5. The molecule has 0 spiro atoms. The van der Waals surface area contributed by atoms with E-state index in [9.17, 15) is 4.79 Å². The second-order valence-electron chi connectivity index (χ2n) is 5.54. The predicted molar refractivity (Wildman–Crippen MR) is 76.9 cm³/mol. The van der Waals surface area contributed by atoms with E-state index in [1.165, 1.54) is 5.56 Å². The first-order valence-electron chi connectivity index (χ1n) is 6.93. The van der Waals surface area contributed by atoms with Crippen LogP contribution in [-0.4, -0.2) is 37.0 Å². The first-order valence-corrected chi connectivity index (χ1v) is 7.31. The van der Waals surface area contributed by atoms with Crippen LogP contribution in [0, 0.1) is 0 Å². The van der Waals surface area contributed by atoms with Gasteiger partial charge >= 0.3 is 0 Å². The summed E-state index contributed by atoms with van der Waals surface area (Å²) in [4.78, 5) is 14.3. The number of nitrogens with one attached hydrogen (secondary N) is 1. The van der Waals surface area contributed by atoms with Gasteiger partial charge in [-0.25, -0.2) is 0 Å². The molecule has 4 heteroatoms. The highest BCUT2D eigenvalue weighted by Gasteiger charge is 2.41. The molecule has 3 nitrogen and oxygen atoms in total. The zero-order valence-electron chi connectivity index (χ0n) is 11.4. The summed E-state index contributed by atoms with van der Waals surface area (Å²) in [7, 11) is 1.88. The number of carbonyl (C=O) groups excluding carboxylic acids is 1. The van der Waals surface area contributed by atoms with Gasteiger partial charge in [0.25, 0.3) is 5.91 Å². The molecule has 19 heavy (non-hydrogen) atoms. The molecule has 0 bridgehead atoms. The minimum absolute atomic E-state index is 0.0630. The summed E-state index contributed by atoms with van der Waals surface area (Å²) in [6.45, 7) is 3.97. The molecule has 2 atom stereocenters. The number of carbonyl (C=O) groups is 1. The second-order valence-corrected chi connectivity index (χ2v) is 5.95. The van der Waals surface area contributed by atoms with Crippen molar-refractivity contribution in [2.24, 2.45) is 0 Å². The first-order chi connectivity index (χ1) is 9.13. The van der Waals surface area contributed by atoms with Gasteiger partial charge in [0.15, 0.2) is 0 Å². The first kappa shape index (κ1) is 12.9. The highest BCUT2D eigenvalue weighted by molar-refractivity contribution is 6.34. The summed E-state index contributed by atoms with van der Waals surface area (Å²) in [5.74, 6) is 0.444. The van der Waals surface area contributed by atoms with Crippen molar-refractivity contribution >= 4 is 17.5 Å². The minimum atomic E-state index is 0.0630. The lowest BCUT2D eigenvalue weighted by Crippen LogP contribution is -2.45. The second kappa shape index (κ2) is 4.80. The van der Waals surface area contributed by atoms with Gasteiger partial charge in [0, 0.05) is 26.1 Å². The maximum absolute atomic E-state index is 12.5. The van der Waals surface area contributed by atoms with Gasteiger partial charge in [-0.1, -0.05) is 31.0 Å². The van der Waals surface area contributed by atoms with Crippen LogP contribution in [-0.2, 0) is 6.42 Å². The molecule has 1 fully saturated rings. The van der Waals surface area contributed by atoms with Gasteiger partial charge in [-0.3, -0.25) is 4.79 Å². The Labute approximate surface area is 118 Å². The Hall–Kier alpha value is -1.06. The average molecular weight is 279 g/mol. The minimum Gasteiger partial charge on any atom is -0.337 e. The number of rotatable bonds is 2. The van der Waals surface area contributed by atoms with Crippen LogP contribution in [0.25, 0.3) is 0 Å². The molecule has 1 aromatic carbocycles. The fourth-order valence-electron chi connectivity index (χ4n) is 3.35. The number of benzene rings is 1. The third-order valence-corrected chi connectivity index (χ3v) is 4.63. The molecule has 0 radical (unpaired) electrons. The molecule has 0 aliphatic carbocycles. The SMILES string of the molecule is CCCc1cc(Cl)c2c(c1)[C@@H]1CNC[C@H]1N(C)C2=O. The van der Waals surface area contributed by atoms with Gasteiger partial charge in [0.2, 0.25) is 0 Å². The van der Waals surface area contributed by atoms with Crippen molar-refractivity contribution in [3.05, 3.63) is 33.8 Å². The van der Waals surface area contributed by atoms with Crippen molar-refractivity contribution in [2.45, 2.75) is 31.7 Å². The number of fused-ring (bicyclic) bond motifs is 3. The number of halogens is 1. The predicted octanol–water partition coefficient (Wildman–Crippen LogP) is 2.43. The lowest BCUT2D eigenvalue weighted by atomic mass is 9.84. The molecule has 1 saturated heterocycles. The maximum atomic E-state index is 12.5. The van der Waals surface area contributed by atoms with Gasteiger partial charge in [-0.05, 0) is 23.6 Å². The quantitative estimate of drug-likeness (QED) is 0.901. The Balaban J connectivity index is 2.14. The molecular formula is C15H19ClN2O. The molecule has 1 amide bonds. The Morgan fingerprint density at radius 2 is 2.21 bits per heavy atom. The largest absolute Gasteiger partial charge is 0.337 e. The van der Waals surface area contributed by atoms with Crippen LogP contribution in [0.1, 0.15) is 40.7 Å². The lowest BCUT2D eigenvalue weighted by Gasteiger charge is -2.36. The maximum Gasteiger partial charge on any atom is 0.255 e. The normalized spacial score (nSPS) is 25.4. The Morgan fingerprint density at radius 3 is 2.95 bits per heavy atom. The molecule has 3 rings (SSSR count). The van der Waals surface area contributed by atoms with Crippen LogP contribution in [0.15, 0.2) is 12.1 Å².